The number of esters is 1. The van der Waals surface area contributed by atoms with Gasteiger partial charge in [-0.15, -0.1) is 11.3 Å². The molecule has 0 aliphatic rings. The topological polar surface area (TPSA) is 52.6 Å². The van der Waals surface area contributed by atoms with Crippen molar-refractivity contribution in [2.24, 2.45) is 0 Å². The maximum Gasteiger partial charge on any atom is 0.344 e. The van der Waals surface area contributed by atoms with E-state index in [4.69, 9.17) is 9.47 Å². The zero-order chi connectivity index (χ0) is 17.5. The predicted molar refractivity (Wildman–Crippen MR) is 95.9 cm³/mol. The molecule has 0 radical (unpaired) electrons. The Bertz CT molecular complexity index is 824. The number of hydrogen-bond acceptors (Lipinski definition) is 5. The lowest BCUT2D eigenvalue weighted by Crippen LogP contribution is -2.14. The zero-order valence-corrected chi connectivity index (χ0v) is 14.2. The van der Waals surface area contributed by atoms with Crippen LogP contribution < -0.4 is 4.74 Å². The second-order valence-electron chi connectivity index (χ2n) is 5.25. The highest BCUT2D eigenvalue weighted by molar-refractivity contribution is 7.09. The first-order valence-corrected chi connectivity index (χ1v) is 8.61. The molecular weight excluding hydrogens is 336 g/mol. The summed E-state index contributed by atoms with van der Waals surface area (Å²) in [6.07, 6.45) is 0. The quantitative estimate of drug-likeness (QED) is 0.474. The van der Waals surface area contributed by atoms with Gasteiger partial charge in [0.25, 0.3) is 0 Å². The number of ketones is 1. The second kappa shape index (κ2) is 8.26. The molecule has 3 rings (SSSR count). The van der Waals surface area contributed by atoms with Crippen LogP contribution in [0, 0.1) is 0 Å². The van der Waals surface area contributed by atoms with Gasteiger partial charge in [0, 0.05) is 16.0 Å². The smallest absolute Gasteiger partial charge is 0.344 e. The highest BCUT2D eigenvalue weighted by Crippen LogP contribution is 2.16. The van der Waals surface area contributed by atoms with Gasteiger partial charge >= 0.3 is 5.97 Å². The lowest BCUT2D eigenvalue weighted by molar-refractivity contribution is -0.147. The molecule has 0 unspecified atom stereocenters. The van der Waals surface area contributed by atoms with Crippen LogP contribution in [0.5, 0.6) is 5.75 Å². The van der Waals surface area contributed by atoms with Gasteiger partial charge in [-0.05, 0) is 35.7 Å². The summed E-state index contributed by atoms with van der Waals surface area (Å²) in [6, 6.07) is 19.6. The van der Waals surface area contributed by atoms with Crippen LogP contribution in [0.4, 0.5) is 0 Å². The normalized spacial score (nSPS) is 10.2. The first-order valence-electron chi connectivity index (χ1n) is 7.73. The van der Waals surface area contributed by atoms with E-state index in [-0.39, 0.29) is 19.0 Å². The van der Waals surface area contributed by atoms with Gasteiger partial charge in [-0.2, -0.15) is 0 Å². The molecule has 0 fully saturated rings. The number of rotatable bonds is 7. The van der Waals surface area contributed by atoms with Crippen molar-refractivity contribution in [1.82, 2.24) is 0 Å². The zero-order valence-electron chi connectivity index (χ0n) is 13.4. The van der Waals surface area contributed by atoms with Crippen molar-refractivity contribution in [3.05, 3.63) is 88.1 Å². The molecule has 0 saturated carbocycles. The molecule has 25 heavy (non-hydrogen) atoms. The van der Waals surface area contributed by atoms with Crippen molar-refractivity contribution < 1.29 is 19.1 Å². The fraction of sp³-hybridized carbons (Fsp3) is 0.100. The van der Waals surface area contributed by atoms with Gasteiger partial charge in [0.05, 0.1) is 0 Å². The van der Waals surface area contributed by atoms with Gasteiger partial charge in [0.15, 0.2) is 12.4 Å². The van der Waals surface area contributed by atoms with Crippen LogP contribution in [0.15, 0.2) is 72.1 Å². The predicted octanol–water partition coefficient (Wildman–Crippen LogP) is 4.10. The number of ether oxygens (including phenoxy) is 2. The summed E-state index contributed by atoms with van der Waals surface area (Å²) >= 11 is 1.53. The van der Waals surface area contributed by atoms with E-state index in [0.29, 0.717) is 16.9 Å². The standard InChI is InChI=1S/C20H16O4S/c21-19(24-13-18-7-4-12-25-18)14-23-17-10-8-16(9-11-17)20(22)15-5-2-1-3-6-15/h1-12H,13-14H2. The van der Waals surface area contributed by atoms with Gasteiger partial charge in [0.2, 0.25) is 0 Å². The summed E-state index contributed by atoms with van der Waals surface area (Å²) in [5.74, 6) is 0.0260. The largest absolute Gasteiger partial charge is 0.482 e. The van der Waals surface area contributed by atoms with Crippen LogP contribution in [0.25, 0.3) is 0 Å². The number of hydrogen-bond donors (Lipinski definition) is 0. The summed E-state index contributed by atoms with van der Waals surface area (Å²) in [5.41, 5.74) is 1.20. The third kappa shape index (κ3) is 4.78. The summed E-state index contributed by atoms with van der Waals surface area (Å²) in [5, 5.41) is 1.93. The minimum Gasteiger partial charge on any atom is -0.482 e. The van der Waals surface area contributed by atoms with Gasteiger partial charge in [-0.1, -0.05) is 36.4 Å². The van der Waals surface area contributed by atoms with E-state index in [0.717, 1.165) is 4.88 Å². The molecule has 0 N–H and O–H groups in total. The fourth-order valence-corrected chi connectivity index (χ4v) is 2.81. The molecule has 0 atom stereocenters. The van der Waals surface area contributed by atoms with Crippen LogP contribution >= 0.6 is 11.3 Å². The van der Waals surface area contributed by atoms with E-state index in [1.165, 1.54) is 11.3 Å². The van der Waals surface area contributed by atoms with Crippen LogP contribution in [-0.2, 0) is 16.1 Å². The minimum absolute atomic E-state index is 0.0532. The number of carbonyl (C=O) groups excluding carboxylic acids is 2. The summed E-state index contributed by atoms with van der Waals surface area (Å²) in [4.78, 5) is 25.0. The lowest BCUT2D eigenvalue weighted by Gasteiger charge is -2.07. The molecule has 0 amide bonds. The first-order chi connectivity index (χ1) is 12.2. The molecule has 0 aliphatic carbocycles. The third-order valence-corrected chi connectivity index (χ3v) is 4.31. The average Bonchev–Trinajstić information content (AvgIpc) is 3.19. The van der Waals surface area contributed by atoms with Crippen LogP contribution in [0.1, 0.15) is 20.8 Å². The lowest BCUT2D eigenvalue weighted by atomic mass is 10.0. The maximum atomic E-state index is 12.3. The Morgan fingerprint density at radius 2 is 1.56 bits per heavy atom. The molecule has 0 aliphatic heterocycles. The average molecular weight is 352 g/mol. The second-order valence-corrected chi connectivity index (χ2v) is 6.28. The van der Waals surface area contributed by atoms with Gasteiger partial charge in [0.1, 0.15) is 12.4 Å². The molecule has 0 bridgehead atoms. The highest BCUT2D eigenvalue weighted by atomic mass is 32.1. The fourth-order valence-electron chi connectivity index (χ4n) is 2.19. The van der Waals surface area contributed by atoms with Gasteiger partial charge in [-0.3, -0.25) is 4.79 Å². The van der Waals surface area contributed by atoms with Crippen molar-refractivity contribution in [3.8, 4) is 5.75 Å². The molecule has 4 nitrogen and oxygen atoms in total. The van der Waals surface area contributed by atoms with Crippen LogP contribution in [-0.4, -0.2) is 18.4 Å². The van der Waals surface area contributed by atoms with E-state index in [2.05, 4.69) is 0 Å². The molecule has 0 spiro atoms. The Labute approximate surface area is 149 Å². The van der Waals surface area contributed by atoms with Gasteiger partial charge < -0.3 is 9.47 Å². The summed E-state index contributed by atoms with van der Waals surface area (Å²) in [7, 11) is 0. The molecule has 1 aromatic heterocycles. The Morgan fingerprint density at radius 1 is 0.840 bits per heavy atom. The van der Waals surface area contributed by atoms with E-state index in [1.807, 2.05) is 35.7 Å². The first kappa shape index (κ1) is 16.9. The Kier molecular flexibility index (Phi) is 5.59. The van der Waals surface area contributed by atoms with Crippen molar-refractivity contribution in [2.75, 3.05) is 6.61 Å². The SMILES string of the molecule is O=C(COc1ccc(C(=O)c2ccccc2)cc1)OCc1cccs1. The van der Waals surface area contributed by atoms with E-state index in [1.54, 1.807) is 36.4 Å². The van der Waals surface area contributed by atoms with Crippen molar-refractivity contribution in [1.29, 1.82) is 0 Å². The van der Waals surface area contributed by atoms with E-state index in [9.17, 15) is 9.59 Å². The minimum atomic E-state index is -0.433. The number of carbonyl (C=O) groups is 2. The van der Waals surface area contributed by atoms with Crippen molar-refractivity contribution >= 4 is 23.1 Å². The Hall–Kier alpha value is -2.92. The Balaban J connectivity index is 1.50. The van der Waals surface area contributed by atoms with Crippen LogP contribution in [0.2, 0.25) is 0 Å². The molecule has 3 aromatic rings. The molecular formula is C20H16O4S. The number of benzene rings is 2. The number of thiophene rings is 1. The molecule has 0 saturated heterocycles. The van der Waals surface area contributed by atoms with Crippen LogP contribution in [0.3, 0.4) is 0 Å². The highest BCUT2D eigenvalue weighted by Gasteiger charge is 2.09. The summed E-state index contributed by atoms with van der Waals surface area (Å²) in [6.45, 7) is 0.0850. The monoisotopic (exact) mass is 352 g/mol. The van der Waals surface area contributed by atoms with Crippen molar-refractivity contribution in [2.45, 2.75) is 6.61 Å². The maximum absolute atomic E-state index is 12.3. The third-order valence-electron chi connectivity index (χ3n) is 3.46. The molecule has 1 heterocycles. The van der Waals surface area contributed by atoms with Crippen molar-refractivity contribution in [3.63, 3.8) is 0 Å². The van der Waals surface area contributed by atoms with Gasteiger partial charge in [-0.25, -0.2) is 4.79 Å². The molecule has 126 valence electrons. The van der Waals surface area contributed by atoms with E-state index >= 15 is 0 Å². The molecule has 2 aromatic carbocycles. The summed E-state index contributed by atoms with van der Waals surface area (Å²) < 4.78 is 10.5. The molecule has 5 heteroatoms. The van der Waals surface area contributed by atoms with E-state index < -0.39 is 5.97 Å². The Morgan fingerprint density at radius 3 is 2.24 bits per heavy atom.